The first-order valence-electron chi connectivity index (χ1n) is 8.04. The lowest BCUT2D eigenvalue weighted by molar-refractivity contribution is 0.611. The SMILES string of the molecule is CCCCCCCC/C=C/CCc1ccccc1C. The number of allylic oxidation sites excluding steroid dienone is 2. The fraction of sp³-hybridized carbons (Fsp3) is 0.579. The molecule has 0 amide bonds. The van der Waals surface area contributed by atoms with Crippen molar-refractivity contribution in [2.75, 3.05) is 0 Å². The van der Waals surface area contributed by atoms with Crippen LogP contribution in [-0.4, -0.2) is 0 Å². The zero-order valence-electron chi connectivity index (χ0n) is 12.8. The first-order valence-corrected chi connectivity index (χ1v) is 8.04. The van der Waals surface area contributed by atoms with E-state index in [2.05, 4.69) is 50.3 Å². The van der Waals surface area contributed by atoms with Crippen molar-refractivity contribution in [3.8, 4) is 0 Å². The standard InChI is InChI=1S/C19H30/c1-3-4-5-6-7-8-9-10-11-12-16-19-17-14-13-15-18(19)2/h10-11,13-15,17H,3-9,12,16H2,1-2H3/b11-10+. The molecule has 0 aliphatic heterocycles. The molecule has 0 saturated carbocycles. The molecule has 0 aliphatic carbocycles. The lowest BCUT2D eigenvalue weighted by Gasteiger charge is -2.02. The zero-order valence-corrected chi connectivity index (χ0v) is 12.8. The summed E-state index contributed by atoms with van der Waals surface area (Å²) in [7, 11) is 0. The molecule has 0 N–H and O–H groups in total. The van der Waals surface area contributed by atoms with E-state index in [9.17, 15) is 0 Å². The third-order valence-electron chi connectivity index (χ3n) is 3.73. The largest absolute Gasteiger partial charge is 0.0885 e. The summed E-state index contributed by atoms with van der Waals surface area (Å²) >= 11 is 0. The zero-order chi connectivity index (χ0) is 13.8. The molecule has 0 nitrogen and oxygen atoms in total. The molecule has 0 heteroatoms. The third-order valence-corrected chi connectivity index (χ3v) is 3.73. The Kier molecular flexibility index (Phi) is 9.14. The highest BCUT2D eigenvalue weighted by atomic mass is 14.0. The van der Waals surface area contributed by atoms with Crippen molar-refractivity contribution in [1.82, 2.24) is 0 Å². The highest BCUT2D eigenvalue weighted by Crippen LogP contribution is 2.10. The molecule has 0 unspecified atom stereocenters. The second-order valence-corrected chi connectivity index (χ2v) is 5.49. The van der Waals surface area contributed by atoms with Crippen LogP contribution in [-0.2, 0) is 6.42 Å². The molecule has 0 aliphatic rings. The number of aryl methyl sites for hydroxylation is 2. The highest BCUT2D eigenvalue weighted by Gasteiger charge is 1.94. The maximum absolute atomic E-state index is 2.37. The Morgan fingerprint density at radius 3 is 2.32 bits per heavy atom. The van der Waals surface area contributed by atoms with Crippen LogP contribution < -0.4 is 0 Å². The van der Waals surface area contributed by atoms with Gasteiger partial charge in [-0.05, 0) is 43.7 Å². The number of rotatable bonds is 10. The van der Waals surface area contributed by atoms with E-state index in [1.54, 1.807) is 0 Å². The van der Waals surface area contributed by atoms with E-state index in [1.165, 1.54) is 68.9 Å². The van der Waals surface area contributed by atoms with E-state index in [0.717, 1.165) is 0 Å². The normalized spacial score (nSPS) is 11.3. The Balaban J connectivity index is 2.00. The van der Waals surface area contributed by atoms with Crippen molar-refractivity contribution in [2.45, 2.75) is 71.6 Å². The summed E-state index contributed by atoms with van der Waals surface area (Å²) in [5.74, 6) is 0. The van der Waals surface area contributed by atoms with Crippen LogP contribution in [0.4, 0.5) is 0 Å². The Labute approximate surface area is 119 Å². The second kappa shape index (κ2) is 10.8. The molecule has 0 saturated heterocycles. The number of hydrogen-bond donors (Lipinski definition) is 0. The Bertz CT molecular complexity index is 349. The number of benzene rings is 1. The van der Waals surface area contributed by atoms with E-state index in [1.807, 2.05) is 0 Å². The summed E-state index contributed by atoms with van der Waals surface area (Å²) < 4.78 is 0. The van der Waals surface area contributed by atoms with Crippen LogP contribution in [0.5, 0.6) is 0 Å². The lowest BCUT2D eigenvalue weighted by atomic mass is 10.0. The van der Waals surface area contributed by atoms with Crippen LogP contribution in [0.25, 0.3) is 0 Å². The summed E-state index contributed by atoms with van der Waals surface area (Å²) in [6, 6.07) is 8.71. The quantitative estimate of drug-likeness (QED) is 0.344. The van der Waals surface area contributed by atoms with Crippen LogP contribution in [0.1, 0.15) is 69.4 Å². The molecule has 1 aromatic carbocycles. The van der Waals surface area contributed by atoms with Gasteiger partial charge < -0.3 is 0 Å². The Morgan fingerprint density at radius 2 is 1.53 bits per heavy atom. The van der Waals surface area contributed by atoms with Gasteiger partial charge in [0.2, 0.25) is 0 Å². The van der Waals surface area contributed by atoms with Gasteiger partial charge in [-0.25, -0.2) is 0 Å². The Hall–Kier alpha value is -1.04. The molecule has 0 aromatic heterocycles. The molecular formula is C19H30. The molecule has 1 aromatic rings. The number of unbranched alkanes of at least 4 members (excludes halogenated alkanes) is 6. The summed E-state index contributed by atoms with van der Waals surface area (Å²) in [5.41, 5.74) is 2.92. The van der Waals surface area contributed by atoms with E-state index < -0.39 is 0 Å². The minimum absolute atomic E-state index is 1.18. The van der Waals surface area contributed by atoms with Crippen molar-refractivity contribution in [3.63, 3.8) is 0 Å². The third kappa shape index (κ3) is 7.87. The van der Waals surface area contributed by atoms with Crippen LogP contribution in [0, 0.1) is 6.92 Å². The van der Waals surface area contributed by atoms with E-state index in [4.69, 9.17) is 0 Å². The van der Waals surface area contributed by atoms with E-state index in [-0.39, 0.29) is 0 Å². The fourth-order valence-electron chi connectivity index (χ4n) is 2.41. The van der Waals surface area contributed by atoms with Crippen LogP contribution >= 0.6 is 0 Å². The smallest absolute Gasteiger partial charge is 0.0242 e. The molecule has 19 heavy (non-hydrogen) atoms. The van der Waals surface area contributed by atoms with Gasteiger partial charge in [-0.2, -0.15) is 0 Å². The van der Waals surface area contributed by atoms with Gasteiger partial charge in [0.25, 0.3) is 0 Å². The van der Waals surface area contributed by atoms with Gasteiger partial charge in [-0.3, -0.25) is 0 Å². The van der Waals surface area contributed by atoms with Gasteiger partial charge in [0.15, 0.2) is 0 Å². The molecule has 1 rings (SSSR count). The van der Waals surface area contributed by atoms with Gasteiger partial charge in [0.05, 0.1) is 0 Å². The minimum atomic E-state index is 1.18. The van der Waals surface area contributed by atoms with Crippen molar-refractivity contribution in [2.24, 2.45) is 0 Å². The molecule has 0 heterocycles. The summed E-state index contributed by atoms with van der Waals surface area (Å²) in [6.07, 6.45) is 16.7. The highest BCUT2D eigenvalue weighted by molar-refractivity contribution is 5.25. The van der Waals surface area contributed by atoms with E-state index in [0.29, 0.717) is 0 Å². The van der Waals surface area contributed by atoms with Gasteiger partial charge >= 0.3 is 0 Å². The van der Waals surface area contributed by atoms with Gasteiger partial charge in [0.1, 0.15) is 0 Å². The van der Waals surface area contributed by atoms with Crippen molar-refractivity contribution < 1.29 is 0 Å². The average molecular weight is 258 g/mol. The maximum Gasteiger partial charge on any atom is -0.0242 e. The van der Waals surface area contributed by atoms with Crippen LogP contribution in [0.15, 0.2) is 36.4 Å². The molecule has 0 fully saturated rings. The average Bonchev–Trinajstić information content (AvgIpc) is 2.43. The van der Waals surface area contributed by atoms with Gasteiger partial charge in [-0.1, -0.05) is 75.4 Å². The molecule has 0 bridgehead atoms. The minimum Gasteiger partial charge on any atom is -0.0885 e. The fourth-order valence-corrected chi connectivity index (χ4v) is 2.41. The molecule has 0 atom stereocenters. The number of hydrogen-bond acceptors (Lipinski definition) is 0. The second-order valence-electron chi connectivity index (χ2n) is 5.49. The summed E-state index contributed by atoms with van der Waals surface area (Å²) in [4.78, 5) is 0. The van der Waals surface area contributed by atoms with Crippen molar-refractivity contribution in [1.29, 1.82) is 0 Å². The summed E-state index contributed by atoms with van der Waals surface area (Å²) in [6.45, 7) is 4.48. The molecule has 106 valence electrons. The predicted molar refractivity (Wildman–Crippen MR) is 86.6 cm³/mol. The topological polar surface area (TPSA) is 0 Å². The van der Waals surface area contributed by atoms with Crippen LogP contribution in [0.3, 0.4) is 0 Å². The first kappa shape index (κ1) is 16.0. The molecule has 0 spiro atoms. The van der Waals surface area contributed by atoms with Gasteiger partial charge in [0, 0.05) is 0 Å². The monoisotopic (exact) mass is 258 g/mol. The van der Waals surface area contributed by atoms with Crippen molar-refractivity contribution in [3.05, 3.63) is 47.5 Å². The maximum atomic E-state index is 2.37. The molecule has 0 radical (unpaired) electrons. The summed E-state index contributed by atoms with van der Waals surface area (Å²) in [5, 5.41) is 0. The lowest BCUT2D eigenvalue weighted by Crippen LogP contribution is -1.87. The predicted octanol–water partition coefficient (Wildman–Crippen LogP) is 6.23. The first-order chi connectivity index (χ1) is 9.34. The van der Waals surface area contributed by atoms with Crippen molar-refractivity contribution >= 4 is 0 Å². The molecular weight excluding hydrogens is 228 g/mol. The van der Waals surface area contributed by atoms with Crippen LogP contribution in [0.2, 0.25) is 0 Å². The van der Waals surface area contributed by atoms with E-state index >= 15 is 0 Å². The Morgan fingerprint density at radius 1 is 0.842 bits per heavy atom. The van der Waals surface area contributed by atoms with Gasteiger partial charge in [-0.15, -0.1) is 0 Å².